The van der Waals surface area contributed by atoms with Gasteiger partial charge in [0.15, 0.2) is 0 Å². The van der Waals surface area contributed by atoms with Gasteiger partial charge in [0.25, 0.3) is 5.56 Å². The van der Waals surface area contributed by atoms with Crippen molar-refractivity contribution in [1.82, 2.24) is 9.88 Å². The number of carbonyl (C=O) groups is 1. The summed E-state index contributed by atoms with van der Waals surface area (Å²) in [5.74, 6) is 0. The molecule has 0 saturated carbocycles. The fourth-order valence-corrected chi connectivity index (χ4v) is 4.09. The van der Waals surface area contributed by atoms with Gasteiger partial charge in [-0.3, -0.25) is 4.79 Å². The van der Waals surface area contributed by atoms with Gasteiger partial charge in [-0.1, -0.05) is 0 Å². The maximum absolute atomic E-state index is 12.1. The van der Waals surface area contributed by atoms with Crippen LogP contribution in [0.4, 0.5) is 4.79 Å². The number of pyridine rings is 1. The van der Waals surface area contributed by atoms with Gasteiger partial charge in [-0.2, -0.15) is 0 Å². The number of nitrogens with one attached hydrogen (secondary N) is 1. The molecule has 1 amide bonds. The molecule has 1 saturated heterocycles. The molecule has 0 radical (unpaired) electrons. The van der Waals surface area contributed by atoms with Gasteiger partial charge < -0.3 is 14.6 Å². The molecular weight excluding hydrogens is 336 g/mol. The van der Waals surface area contributed by atoms with Crippen LogP contribution in [-0.2, 0) is 4.74 Å². The van der Waals surface area contributed by atoms with Gasteiger partial charge in [-0.15, -0.1) is 11.8 Å². The molecule has 0 unspecified atom stereocenters. The van der Waals surface area contributed by atoms with Gasteiger partial charge in [0.2, 0.25) is 0 Å². The molecule has 1 fully saturated rings. The Hall–Kier alpha value is -1.95. The van der Waals surface area contributed by atoms with E-state index in [4.69, 9.17) is 4.74 Å². The number of aromatic amines is 1. The Morgan fingerprint density at radius 3 is 2.64 bits per heavy atom. The first-order valence-corrected chi connectivity index (χ1v) is 9.46. The van der Waals surface area contributed by atoms with E-state index in [-0.39, 0.29) is 11.7 Å². The van der Waals surface area contributed by atoms with Gasteiger partial charge in [0.1, 0.15) is 5.60 Å². The molecule has 0 atom stereocenters. The number of benzene rings is 1. The number of likely N-dealkylation sites (tertiary alicyclic amines) is 1. The molecule has 1 N–H and O–H groups in total. The Morgan fingerprint density at radius 2 is 1.96 bits per heavy atom. The smallest absolute Gasteiger partial charge is 0.410 e. The van der Waals surface area contributed by atoms with Crippen molar-refractivity contribution in [2.24, 2.45) is 0 Å². The van der Waals surface area contributed by atoms with Gasteiger partial charge in [-0.05, 0) is 63.3 Å². The lowest BCUT2D eigenvalue weighted by atomic mass is 10.1. The van der Waals surface area contributed by atoms with Crippen molar-refractivity contribution in [3.63, 3.8) is 0 Å². The number of hydrogen-bond acceptors (Lipinski definition) is 4. The molecular formula is C19H24N2O3S. The fourth-order valence-electron chi connectivity index (χ4n) is 2.92. The van der Waals surface area contributed by atoms with E-state index in [1.807, 2.05) is 50.7 Å². The number of fused-ring (bicyclic) bond motifs is 1. The average Bonchev–Trinajstić information content (AvgIpc) is 2.54. The number of nitrogens with zero attached hydrogens (tertiary/aromatic N) is 1. The molecule has 2 aromatic rings. The van der Waals surface area contributed by atoms with Crippen LogP contribution in [0.25, 0.3) is 10.8 Å². The van der Waals surface area contributed by atoms with Gasteiger partial charge in [0.05, 0.1) is 0 Å². The van der Waals surface area contributed by atoms with Crippen molar-refractivity contribution >= 4 is 28.6 Å². The standard InChI is InChI=1S/C19H24N2O3S/c1-19(2,3)24-18(23)21-10-7-14(8-11-21)25-15-4-5-16-13(12-15)6-9-20-17(16)22/h4-6,9,12,14H,7-8,10-11H2,1-3H3,(H,20,22). The average molecular weight is 360 g/mol. The second kappa shape index (κ2) is 7.12. The van der Waals surface area contributed by atoms with E-state index in [1.54, 1.807) is 11.1 Å². The number of amides is 1. The van der Waals surface area contributed by atoms with Crippen LogP contribution < -0.4 is 5.56 Å². The Bertz CT molecular complexity index is 817. The Kier molecular flexibility index (Phi) is 5.08. The lowest BCUT2D eigenvalue weighted by molar-refractivity contribution is 0.0219. The zero-order valence-corrected chi connectivity index (χ0v) is 15.7. The maximum Gasteiger partial charge on any atom is 0.410 e. The Morgan fingerprint density at radius 1 is 1.24 bits per heavy atom. The predicted octanol–water partition coefficient (Wildman–Crippen LogP) is 4.02. The lowest BCUT2D eigenvalue weighted by Crippen LogP contribution is -2.42. The van der Waals surface area contributed by atoms with Crippen LogP contribution in [0.3, 0.4) is 0 Å². The van der Waals surface area contributed by atoms with E-state index in [2.05, 4.69) is 11.1 Å². The topological polar surface area (TPSA) is 62.4 Å². The summed E-state index contributed by atoms with van der Waals surface area (Å²) < 4.78 is 5.44. The van der Waals surface area contributed by atoms with Gasteiger partial charge in [0, 0.05) is 34.8 Å². The van der Waals surface area contributed by atoms with Crippen LogP contribution in [0, 0.1) is 0 Å². The molecule has 0 aliphatic carbocycles. The number of ether oxygens (including phenoxy) is 1. The molecule has 1 aliphatic rings. The number of H-pyrrole nitrogens is 1. The number of aromatic nitrogens is 1. The van der Waals surface area contributed by atoms with Gasteiger partial charge >= 0.3 is 6.09 Å². The van der Waals surface area contributed by atoms with Crippen LogP contribution >= 0.6 is 11.8 Å². The molecule has 0 spiro atoms. The van der Waals surface area contributed by atoms with Crippen molar-refractivity contribution < 1.29 is 9.53 Å². The Balaban J connectivity index is 1.59. The maximum atomic E-state index is 12.1. The van der Waals surface area contributed by atoms with Crippen LogP contribution in [0.2, 0.25) is 0 Å². The van der Waals surface area contributed by atoms with Crippen molar-refractivity contribution in [1.29, 1.82) is 0 Å². The third kappa shape index (κ3) is 4.57. The summed E-state index contributed by atoms with van der Waals surface area (Å²) in [6.07, 6.45) is 3.34. The first-order chi connectivity index (χ1) is 11.8. The van der Waals surface area contributed by atoms with Crippen LogP contribution in [0.1, 0.15) is 33.6 Å². The summed E-state index contributed by atoms with van der Waals surface area (Å²) in [7, 11) is 0. The molecule has 0 bridgehead atoms. The summed E-state index contributed by atoms with van der Waals surface area (Å²) in [6, 6.07) is 7.87. The van der Waals surface area contributed by atoms with Crippen molar-refractivity contribution in [2.75, 3.05) is 13.1 Å². The quantitative estimate of drug-likeness (QED) is 0.879. The van der Waals surface area contributed by atoms with E-state index in [0.717, 1.165) is 36.2 Å². The molecule has 134 valence electrons. The molecule has 1 aromatic heterocycles. The number of hydrogen-bond donors (Lipinski definition) is 1. The van der Waals surface area contributed by atoms with Crippen molar-refractivity contribution in [3.05, 3.63) is 40.8 Å². The van der Waals surface area contributed by atoms with Gasteiger partial charge in [-0.25, -0.2) is 4.79 Å². The van der Waals surface area contributed by atoms with Crippen LogP contribution in [0.15, 0.2) is 40.2 Å². The lowest BCUT2D eigenvalue weighted by Gasteiger charge is -2.33. The predicted molar refractivity (Wildman–Crippen MR) is 101 cm³/mol. The van der Waals surface area contributed by atoms with Crippen LogP contribution in [-0.4, -0.2) is 39.9 Å². The second-order valence-electron chi connectivity index (χ2n) is 7.34. The third-order valence-corrected chi connectivity index (χ3v) is 5.47. The molecule has 3 rings (SSSR count). The normalized spacial score (nSPS) is 16.2. The third-order valence-electron chi connectivity index (χ3n) is 4.14. The summed E-state index contributed by atoms with van der Waals surface area (Å²) in [5, 5.41) is 2.14. The Labute approximate surface area is 151 Å². The monoisotopic (exact) mass is 360 g/mol. The van der Waals surface area contributed by atoms with E-state index in [0.29, 0.717) is 10.6 Å². The first-order valence-electron chi connectivity index (χ1n) is 8.58. The molecule has 25 heavy (non-hydrogen) atoms. The van der Waals surface area contributed by atoms with Crippen LogP contribution in [0.5, 0.6) is 0 Å². The number of rotatable bonds is 2. The van der Waals surface area contributed by atoms with Crippen molar-refractivity contribution in [2.45, 2.75) is 49.4 Å². The summed E-state index contributed by atoms with van der Waals surface area (Å²) >= 11 is 1.82. The molecule has 6 heteroatoms. The fraction of sp³-hybridized carbons (Fsp3) is 0.474. The number of piperidine rings is 1. The highest BCUT2D eigenvalue weighted by Crippen LogP contribution is 2.32. The molecule has 1 aromatic carbocycles. The summed E-state index contributed by atoms with van der Waals surface area (Å²) in [6.45, 7) is 7.11. The van der Waals surface area contributed by atoms with E-state index < -0.39 is 5.60 Å². The summed E-state index contributed by atoms with van der Waals surface area (Å²) in [5.41, 5.74) is -0.509. The second-order valence-corrected chi connectivity index (χ2v) is 8.71. The largest absolute Gasteiger partial charge is 0.444 e. The van der Waals surface area contributed by atoms with E-state index in [1.165, 1.54) is 0 Å². The van der Waals surface area contributed by atoms with Crippen molar-refractivity contribution in [3.8, 4) is 0 Å². The SMILES string of the molecule is CC(C)(C)OC(=O)N1CCC(Sc2ccc3c(=O)[nH]ccc3c2)CC1. The van der Waals surface area contributed by atoms with E-state index >= 15 is 0 Å². The number of thioether (sulfide) groups is 1. The summed E-state index contributed by atoms with van der Waals surface area (Å²) in [4.78, 5) is 29.5. The molecule has 1 aliphatic heterocycles. The zero-order valence-electron chi connectivity index (χ0n) is 14.9. The number of carbonyl (C=O) groups excluding carboxylic acids is 1. The minimum absolute atomic E-state index is 0.0558. The first kappa shape index (κ1) is 17.9. The minimum atomic E-state index is -0.453. The highest BCUT2D eigenvalue weighted by Gasteiger charge is 2.27. The molecule has 5 nitrogen and oxygen atoms in total. The molecule has 2 heterocycles. The highest BCUT2D eigenvalue weighted by atomic mass is 32.2. The minimum Gasteiger partial charge on any atom is -0.444 e. The van der Waals surface area contributed by atoms with E-state index in [9.17, 15) is 9.59 Å². The zero-order chi connectivity index (χ0) is 18.0. The highest BCUT2D eigenvalue weighted by molar-refractivity contribution is 8.00.